The van der Waals surface area contributed by atoms with Crippen LogP contribution in [0.15, 0.2) is 24.3 Å². The Balaban J connectivity index is 2.55. The van der Waals surface area contributed by atoms with Crippen molar-refractivity contribution in [3.8, 4) is 22.8 Å². The molecule has 1 aromatic carbocycles. The second kappa shape index (κ2) is 13.7. The first-order valence-corrected chi connectivity index (χ1v) is 12.4. The molecule has 0 saturated carbocycles. The minimum absolute atomic E-state index is 0.0365. The van der Waals surface area contributed by atoms with E-state index >= 15 is 0 Å². The molecular formula is C27H40N4O6. The Labute approximate surface area is 219 Å². The molecule has 10 nitrogen and oxygen atoms in total. The van der Waals surface area contributed by atoms with Gasteiger partial charge in [0.1, 0.15) is 18.0 Å². The molecule has 1 atom stereocenters. The van der Waals surface area contributed by atoms with Crippen LogP contribution in [-0.4, -0.2) is 73.9 Å². The average molecular weight is 517 g/mol. The first-order valence-electron chi connectivity index (χ1n) is 12.4. The van der Waals surface area contributed by atoms with Crippen LogP contribution in [0, 0.1) is 11.8 Å². The van der Waals surface area contributed by atoms with E-state index in [0.717, 1.165) is 11.3 Å². The smallest absolute Gasteiger partial charge is 0.325 e. The van der Waals surface area contributed by atoms with Crippen LogP contribution in [0.4, 0.5) is 5.82 Å². The van der Waals surface area contributed by atoms with Gasteiger partial charge in [0.2, 0.25) is 12.3 Å². The van der Waals surface area contributed by atoms with Crippen molar-refractivity contribution >= 4 is 24.1 Å². The number of ether oxygens (including phenoxy) is 3. The number of anilines is 1. The van der Waals surface area contributed by atoms with E-state index < -0.39 is 12.0 Å². The van der Waals surface area contributed by atoms with Crippen LogP contribution in [0.5, 0.6) is 11.5 Å². The van der Waals surface area contributed by atoms with Crippen LogP contribution in [-0.2, 0) is 25.7 Å². The number of hydrogen-bond donors (Lipinski definition) is 0. The van der Waals surface area contributed by atoms with Gasteiger partial charge in [0.05, 0.1) is 32.6 Å². The summed E-state index contributed by atoms with van der Waals surface area (Å²) in [5.41, 5.74) is 1.47. The molecule has 0 aliphatic rings. The van der Waals surface area contributed by atoms with Crippen molar-refractivity contribution < 1.29 is 28.6 Å². The van der Waals surface area contributed by atoms with Gasteiger partial charge in [0.15, 0.2) is 5.82 Å². The van der Waals surface area contributed by atoms with Gasteiger partial charge < -0.3 is 19.1 Å². The molecule has 0 spiro atoms. The van der Waals surface area contributed by atoms with Crippen molar-refractivity contribution in [3.05, 3.63) is 24.3 Å². The lowest BCUT2D eigenvalue weighted by Crippen LogP contribution is -2.41. The summed E-state index contributed by atoms with van der Waals surface area (Å²) in [6.45, 7) is 8.66. The van der Waals surface area contributed by atoms with E-state index in [1.807, 2.05) is 42.8 Å². The quantitative estimate of drug-likeness (QED) is 0.279. The first kappa shape index (κ1) is 29.7. The number of rotatable bonds is 14. The molecule has 0 N–H and O–H groups in total. The van der Waals surface area contributed by atoms with E-state index in [1.165, 1.54) is 16.9 Å². The van der Waals surface area contributed by atoms with Gasteiger partial charge in [-0.25, -0.2) is 0 Å². The van der Waals surface area contributed by atoms with Gasteiger partial charge in [-0.1, -0.05) is 33.8 Å². The number of amides is 2. The fourth-order valence-corrected chi connectivity index (χ4v) is 4.19. The lowest BCUT2D eigenvalue weighted by atomic mass is 9.99. The molecule has 0 aliphatic heterocycles. The highest BCUT2D eigenvalue weighted by molar-refractivity contribution is 5.85. The van der Waals surface area contributed by atoms with Crippen LogP contribution in [0.2, 0.25) is 0 Å². The van der Waals surface area contributed by atoms with E-state index in [1.54, 1.807) is 21.3 Å². The largest absolute Gasteiger partial charge is 0.496 e. The van der Waals surface area contributed by atoms with Gasteiger partial charge in [-0.15, -0.1) is 0 Å². The Bertz CT molecular complexity index is 1040. The third kappa shape index (κ3) is 7.71. The van der Waals surface area contributed by atoms with Gasteiger partial charge in [0, 0.05) is 32.1 Å². The van der Waals surface area contributed by atoms with Gasteiger partial charge in [-0.3, -0.25) is 24.0 Å². The number of benzene rings is 1. The summed E-state index contributed by atoms with van der Waals surface area (Å²) >= 11 is 0. The molecule has 10 heteroatoms. The van der Waals surface area contributed by atoms with Crippen LogP contribution < -0.4 is 14.4 Å². The zero-order valence-electron chi connectivity index (χ0n) is 23.2. The van der Waals surface area contributed by atoms with E-state index in [-0.39, 0.29) is 30.7 Å². The monoisotopic (exact) mass is 516 g/mol. The van der Waals surface area contributed by atoms with Gasteiger partial charge >= 0.3 is 5.97 Å². The summed E-state index contributed by atoms with van der Waals surface area (Å²) in [6, 6.07) is 6.91. The molecule has 204 valence electrons. The predicted molar refractivity (Wildman–Crippen MR) is 142 cm³/mol. The van der Waals surface area contributed by atoms with E-state index in [9.17, 15) is 14.4 Å². The molecule has 1 aromatic heterocycles. The number of esters is 1. The Morgan fingerprint density at radius 2 is 1.68 bits per heavy atom. The first-order chi connectivity index (χ1) is 17.6. The van der Waals surface area contributed by atoms with Crippen LogP contribution in [0.3, 0.4) is 0 Å². The maximum Gasteiger partial charge on any atom is 0.325 e. The van der Waals surface area contributed by atoms with Crippen LogP contribution >= 0.6 is 0 Å². The minimum atomic E-state index is -0.508. The lowest BCUT2D eigenvalue weighted by molar-refractivity contribution is -0.146. The van der Waals surface area contributed by atoms with Crippen LogP contribution in [0.25, 0.3) is 11.3 Å². The summed E-state index contributed by atoms with van der Waals surface area (Å²) < 4.78 is 17.8. The van der Waals surface area contributed by atoms with E-state index in [0.29, 0.717) is 36.7 Å². The summed E-state index contributed by atoms with van der Waals surface area (Å²) in [6.07, 6.45) is 1.32. The molecule has 37 heavy (non-hydrogen) atoms. The summed E-state index contributed by atoms with van der Waals surface area (Å²) in [5, 5.41) is 4.79. The fourth-order valence-electron chi connectivity index (χ4n) is 4.19. The Morgan fingerprint density at radius 1 is 1.05 bits per heavy atom. The number of nitrogens with zero attached hydrogens (tertiary/aromatic N) is 4. The molecule has 0 saturated heterocycles. The van der Waals surface area contributed by atoms with Crippen molar-refractivity contribution in [1.29, 1.82) is 0 Å². The van der Waals surface area contributed by atoms with Crippen LogP contribution in [0.1, 0.15) is 40.5 Å². The average Bonchev–Trinajstić information content (AvgIpc) is 3.24. The summed E-state index contributed by atoms with van der Waals surface area (Å²) in [7, 11) is 6.00. The van der Waals surface area contributed by atoms with Gasteiger partial charge in [-0.05, 0) is 30.4 Å². The third-order valence-electron chi connectivity index (χ3n) is 5.93. The highest BCUT2D eigenvalue weighted by atomic mass is 16.5. The molecule has 0 fully saturated rings. The van der Waals surface area contributed by atoms with E-state index in [2.05, 4.69) is 18.6 Å². The lowest BCUT2D eigenvalue weighted by Gasteiger charge is -2.29. The predicted octanol–water partition coefficient (Wildman–Crippen LogP) is 3.62. The fraction of sp³-hybridized carbons (Fsp3) is 0.556. The Morgan fingerprint density at radius 3 is 2.16 bits per heavy atom. The normalized spacial score (nSPS) is 11.8. The Kier molecular flexibility index (Phi) is 11.0. The number of carbonyl (C=O) groups is 3. The number of hydrogen-bond acceptors (Lipinski definition) is 7. The van der Waals surface area contributed by atoms with Gasteiger partial charge in [-0.2, -0.15) is 5.10 Å². The summed E-state index contributed by atoms with van der Waals surface area (Å²) in [5.74, 6) is 1.36. The van der Waals surface area contributed by atoms with Crippen molar-refractivity contribution in [2.24, 2.45) is 11.8 Å². The highest BCUT2D eigenvalue weighted by Gasteiger charge is 2.29. The highest BCUT2D eigenvalue weighted by Crippen LogP contribution is 2.40. The maximum atomic E-state index is 13.0. The minimum Gasteiger partial charge on any atom is -0.496 e. The molecule has 0 radical (unpaired) electrons. The number of likely N-dealkylation sites (N-methyl/N-ethyl adjacent to an activating group) is 1. The second-order valence-corrected chi connectivity index (χ2v) is 9.83. The SMILES string of the molecule is COC(=O)CN(C)C(=O)C[C@H](CC(C)C)N(C=O)c1cc(-c2c(OC)cccc2OC)n(CC(C)C)n1. The molecule has 2 rings (SSSR count). The molecule has 2 aromatic rings. The number of aromatic nitrogens is 2. The molecule has 0 bridgehead atoms. The molecular weight excluding hydrogens is 476 g/mol. The zero-order chi connectivity index (χ0) is 27.7. The standard InChI is InChI=1S/C27H40N4O6/c1-18(2)12-20(13-25(33)29(5)16-26(34)37-8)30(17-32)24-14-21(31(28-24)15-19(3)4)27-22(35-6)10-9-11-23(27)36-7/h9-11,14,17-20H,12-13,15-16H2,1-8H3/t20-/m0/s1. The maximum absolute atomic E-state index is 13.0. The second-order valence-electron chi connectivity index (χ2n) is 9.83. The van der Waals surface area contributed by atoms with Crippen molar-refractivity contribution in [2.75, 3.05) is 39.8 Å². The number of methoxy groups -OCH3 is 3. The molecule has 2 amide bonds. The summed E-state index contributed by atoms with van der Waals surface area (Å²) in [4.78, 5) is 39.9. The zero-order valence-corrected chi connectivity index (χ0v) is 23.2. The van der Waals surface area contributed by atoms with E-state index in [4.69, 9.17) is 14.6 Å². The topological polar surface area (TPSA) is 103 Å². The van der Waals surface area contributed by atoms with Crippen molar-refractivity contribution in [2.45, 2.75) is 53.1 Å². The molecule has 0 unspecified atom stereocenters. The number of carbonyl (C=O) groups excluding carboxylic acids is 3. The van der Waals surface area contributed by atoms with Crippen molar-refractivity contribution in [1.82, 2.24) is 14.7 Å². The third-order valence-corrected chi connectivity index (χ3v) is 5.93. The van der Waals surface area contributed by atoms with Gasteiger partial charge in [0.25, 0.3) is 0 Å². The Hall–Kier alpha value is -3.56. The molecule has 0 aliphatic carbocycles. The molecule has 1 heterocycles. The van der Waals surface area contributed by atoms with Crippen molar-refractivity contribution in [3.63, 3.8) is 0 Å².